The summed E-state index contributed by atoms with van der Waals surface area (Å²) in [4.78, 5) is 14.6. The molecule has 1 aliphatic rings. The second kappa shape index (κ2) is 7.89. The van der Waals surface area contributed by atoms with Crippen LogP contribution in [0, 0.1) is 6.92 Å². The molecule has 1 atom stereocenters. The van der Waals surface area contributed by atoms with Crippen LogP contribution in [-0.2, 0) is 7.05 Å². The molecule has 4 heterocycles. The van der Waals surface area contributed by atoms with Crippen LogP contribution >= 0.6 is 0 Å². The second-order valence-corrected chi connectivity index (χ2v) is 8.54. The number of pyridine rings is 1. The molecule has 160 valence electrons. The lowest BCUT2D eigenvalue weighted by molar-refractivity contribution is 0.0695. The van der Waals surface area contributed by atoms with Gasteiger partial charge in [0.1, 0.15) is 0 Å². The van der Waals surface area contributed by atoms with Crippen LogP contribution in [0.2, 0.25) is 0 Å². The Bertz CT molecular complexity index is 1090. The molecule has 4 rings (SSSR count). The van der Waals surface area contributed by atoms with Crippen molar-refractivity contribution in [2.75, 3.05) is 26.2 Å². The number of fused-ring (bicyclic) bond motifs is 1. The first-order chi connectivity index (χ1) is 14.3. The minimum atomic E-state index is -0.873. The average molecular weight is 410 g/mol. The van der Waals surface area contributed by atoms with Gasteiger partial charge in [0, 0.05) is 62.9 Å². The van der Waals surface area contributed by atoms with E-state index < -0.39 is 5.97 Å². The number of hydrogen-bond acceptors (Lipinski definition) is 4. The number of carbonyl (C=O) groups is 1. The highest BCUT2D eigenvalue weighted by atomic mass is 16.4. The van der Waals surface area contributed by atoms with Crippen LogP contribution in [-0.4, -0.2) is 56.3 Å². The zero-order chi connectivity index (χ0) is 21.6. The highest BCUT2D eigenvalue weighted by Gasteiger charge is 2.27. The van der Waals surface area contributed by atoms with Gasteiger partial charge in [-0.1, -0.05) is 13.8 Å². The molecule has 7 nitrogen and oxygen atoms in total. The molecule has 0 saturated carbocycles. The van der Waals surface area contributed by atoms with Crippen molar-refractivity contribution in [3.63, 3.8) is 0 Å². The first-order valence-corrected chi connectivity index (χ1v) is 10.7. The number of aryl methyl sites for hydroxylation is 1. The van der Waals surface area contributed by atoms with Crippen molar-refractivity contribution < 1.29 is 9.90 Å². The molecule has 0 aliphatic carbocycles. The van der Waals surface area contributed by atoms with E-state index in [0.717, 1.165) is 59.8 Å². The van der Waals surface area contributed by atoms with E-state index in [-0.39, 0.29) is 12.0 Å². The summed E-state index contributed by atoms with van der Waals surface area (Å²) in [6.07, 6.45) is 3.98. The third kappa shape index (κ3) is 3.32. The Morgan fingerprint density at radius 3 is 2.50 bits per heavy atom. The van der Waals surface area contributed by atoms with Gasteiger partial charge in [-0.25, -0.2) is 4.79 Å². The molecular formula is C23H31N5O2. The monoisotopic (exact) mass is 409 g/mol. The number of aromatic carboxylic acids is 1. The van der Waals surface area contributed by atoms with Crippen LogP contribution in [0.15, 0.2) is 24.5 Å². The Labute approximate surface area is 177 Å². The molecule has 1 aliphatic heterocycles. The van der Waals surface area contributed by atoms with Crippen molar-refractivity contribution in [2.24, 2.45) is 7.05 Å². The van der Waals surface area contributed by atoms with E-state index in [9.17, 15) is 9.90 Å². The lowest BCUT2D eigenvalue weighted by atomic mass is 9.96. The minimum Gasteiger partial charge on any atom is -0.478 e. The standard InChI is InChI=1S/C23H31N5O2/c1-14(2)21-18(19-6-7-25-26(19)5)13-28-20(21)12-17(23(29)30)15(3)22(28)16(4)27-10-8-24-9-11-27/h6-7,12-14,16,24H,8-11H2,1-5H3,(H,29,30). The number of rotatable bonds is 5. The van der Waals surface area contributed by atoms with E-state index in [4.69, 9.17) is 0 Å². The third-order valence-corrected chi connectivity index (χ3v) is 6.41. The van der Waals surface area contributed by atoms with Gasteiger partial charge in [0.15, 0.2) is 0 Å². The smallest absolute Gasteiger partial charge is 0.336 e. The van der Waals surface area contributed by atoms with E-state index in [0.29, 0.717) is 5.56 Å². The predicted molar refractivity (Wildman–Crippen MR) is 118 cm³/mol. The molecule has 0 aromatic carbocycles. The molecule has 2 N–H and O–H groups in total. The van der Waals surface area contributed by atoms with Crippen molar-refractivity contribution in [2.45, 2.75) is 39.7 Å². The van der Waals surface area contributed by atoms with Gasteiger partial charge >= 0.3 is 5.97 Å². The van der Waals surface area contributed by atoms with Crippen molar-refractivity contribution in [3.05, 3.63) is 46.9 Å². The van der Waals surface area contributed by atoms with Gasteiger partial charge in [-0.3, -0.25) is 9.58 Å². The van der Waals surface area contributed by atoms with Crippen LogP contribution in [0.5, 0.6) is 0 Å². The van der Waals surface area contributed by atoms with E-state index in [1.54, 1.807) is 6.20 Å². The number of carboxylic acids is 1. The molecule has 0 radical (unpaired) electrons. The summed E-state index contributed by atoms with van der Waals surface area (Å²) in [7, 11) is 1.94. The summed E-state index contributed by atoms with van der Waals surface area (Å²) in [6, 6.07) is 3.98. The van der Waals surface area contributed by atoms with Crippen LogP contribution in [0.4, 0.5) is 0 Å². The van der Waals surface area contributed by atoms with Crippen LogP contribution in [0.3, 0.4) is 0 Å². The summed E-state index contributed by atoms with van der Waals surface area (Å²) in [5.74, 6) is -0.631. The second-order valence-electron chi connectivity index (χ2n) is 8.54. The van der Waals surface area contributed by atoms with E-state index >= 15 is 0 Å². The predicted octanol–water partition coefficient (Wildman–Crippen LogP) is 3.44. The van der Waals surface area contributed by atoms with Crippen molar-refractivity contribution >= 4 is 11.5 Å². The van der Waals surface area contributed by atoms with Gasteiger partial charge in [0.2, 0.25) is 0 Å². The summed E-state index contributed by atoms with van der Waals surface area (Å²) in [5, 5.41) is 17.7. The first-order valence-electron chi connectivity index (χ1n) is 10.7. The molecule has 0 spiro atoms. The van der Waals surface area contributed by atoms with E-state index in [1.807, 2.05) is 30.8 Å². The molecule has 1 fully saturated rings. The largest absolute Gasteiger partial charge is 0.478 e. The highest BCUT2D eigenvalue weighted by Crippen LogP contribution is 2.38. The Morgan fingerprint density at radius 2 is 1.93 bits per heavy atom. The molecule has 0 amide bonds. The zero-order valence-electron chi connectivity index (χ0n) is 18.4. The Hall–Kier alpha value is -2.64. The van der Waals surface area contributed by atoms with Crippen molar-refractivity contribution in [3.8, 4) is 11.3 Å². The first kappa shape index (κ1) is 20.6. The number of aromatic nitrogens is 3. The van der Waals surface area contributed by atoms with E-state index in [2.05, 4.69) is 46.7 Å². The number of nitrogens with zero attached hydrogens (tertiary/aromatic N) is 4. The molecule has 0 bridgehead atoms. The minimum absolute atomic E-state index is 0.112. The van der Waals surface area contributed by atoms with Gasteiger partial charge in [-0.15, -0.1) is 0 Å². The molecule has 30 heavy (non-hydrogen) atoms. The van der Waals surface area contributed by atoms with Gasteiger partial charge in [-0.05, 0) is 43.0 Å². The summed E-state index contributed by atoms with van der Waals surface area (Å²) >= 11 is 0. The summed E-state index contributed by atoms with van der Waals surface area (Å²) in [5.41, 5.74) is 6.57. The van der Waals surface area contributed by atoms with Crippen LogP contribution in [0.25, 0.3) is 16.8 Å². The van der Waals surface area contributed by atoms with Crippen LogP contribution in [0.1, 0.15) is 59.9 Å². The number of carboxylic acid groups (broad SMARTS) is 1. The molecular weight excluding hydrogens is 378 g/mol. The molecule has 3 aromatic heterocycles. The SMILES string of the molecule is Cc1c(C(=O)O)cc2c(C(C)C)c(-c3ccnn3C)cn2c1C(C)N1CCNCC1. The van der Waals surface area contributed by atoms with Gasteiger partial charge in [0.25, 0.3) is 0 Å². The Kier molecular flexibility index (Phi) is 5.42. The third-order valence-electron chi connectivity index (χ3n) is 6.41. The van der Waals surface area contributed by atoms with Gasteiger partial charge in [0.05, 0.1) is 16.8 Å². The fraction of sp³-hybridized carbons (Fsp3) is 0.478. The Morgan fingerprint density at radius 1 is 1.23 bits per heavy atom. The van der Waals surface area contributed by atoms with Crippen LogP contribution < -0.4 is 5.32 Å². The van der Waals surface area contributed by atoms with E-state index in [1.165, 1.54) is 0 Å². The fourth-order valence-corrected chi connectivity index (χ4v) is 4.87. The molecule has 7 heteroatoms. The number of piperazine rings is 1. The van der Waals surface area contributed by atoms with Crippen molar-refractivity contribution in [1.82, 2.24) is 24.4 Å². The van der Waals surface area contributed by atoms with Crippen molar-refractivity contribution in [1.29, 1.82) is 0 Å². The molecule has 3 aromatic rings. The number of hydrogen-bond donors (Lipinski definition) is 2. The van der Waals surface area contributed by atoms with Gasteiger partial charge in [-0.2, -0.15) is 5.10 Å². The molecule has 1 saturated heterocycles. The highest BCUT2D eigenvalue weighted by molar-refractivity contribution is 5.92. The maximum Gasteiger partial charge on any atom is 0.336 e. The molecule has 1 unspecified atom stereocenters. The maximum atomic E-state index is 12.1. The zero-order valence-corrected chi connectivity index (χ0v) is 18.4. The topological polar surface area (TPSA) is 74.8 Å². The fourth-order valence-electron chi connectivity index (χ4n) is 4.87. The lowest BCUT2D eigenvalue weighted by Crippen LogP contribution is -2.45. The summed E-state index contributed by atoms with van der Waals surface area (Å²) in [6.45, 7) is 12.3. The summed E-state index contributed by atoms with van der Waals surface area (Å²) < 4.78 is 4.11. The quantitative estimate of drug-likeness (QED) is 0.675. The maximum absolute atomic E-state index is 12.1. The number of nitrogens with one attached hydrogen (secondary N) is 1. The average Bonchev–Trinajstić information content (AvgIpc) is 3.30. The lowest BCUT2D eigenvalue weighted by Gasteiger charge is -2.34. The Balaban J connectivity index is 2.03. The van der Waals surface area contributed by atoms with Gasteiger partial charge < -0.3 is 14.8 Å². The normalized spacial score (nSPS) is 16.5.